The smallest absolute Gasteiger partial charge is 0.250 e. The summed E-state index contributed by atoms with van der Waals surface area (Å²) in [7, 11) is 0. The van der Waals surface area contributed by atoms with Crippen LogP contribution in [-0.4, -0.2) is 29.2 Å². The Morgan fingerprint density at radius 3 is 2.60 bits per heavy atom. The topological polar surface area (TPSA) is 75.7 Å². The Bertz CT molecular complexity index is 298. The van der Waals surface area contributed by atoms with Crippen molar-refractivity contribution in [1.29, 1.82) is 0 Å². The standard InChI is InChI=1S/C10H15ClN2O2/c1-6(11)9(14)5-4-8(10(12)15)7(2)13-3/h4,6,9,14H,2-3,5H2,1H3,(H2,12,15)/b8-4+/t6?,9-/m1/s1. The molecule has 0 saturated carbocycles. The van der Waals surface area contributed by atoms with Crippen molar-refractivity contribution < 1.29 is 9.90 Å². The van der Waals surface area contributed by atoms with Gasteiger partial charge < -0.3 is 10.8 Å². The molecule has 0 bridgehead atoms. The molecule has 0 aliphatic heterocycles. The number of hydrogen-bond acceptors (Lipinski definition) is 3. The minimum atomic E-state index is -0.737. The van der Waals surface area contributed by atoms with Gasteiger partial charge in [0.05, 0.1) is 22.8 Å². The predicted octanol–water partition coefficient (Wildman–Crippen LogP) is 0.991. The van der Waals surface area contributed by atoms with Crippen LogP contribution in [0.2, 0.25) is 0 Å². The van der Waals surface area contributed by atoms with Gasteiger partial charge in [0.2, 0.25) is 0 Å². The summed E-state index contributed by atoms with van der Waals surface area (Å²) in [6, 6.07) is 0. The average molecular weight is 231 g/mol. The van der Waals surface area contributed by atoms with Crippen molar-refractivity contribution in [3.05, 3.63) is 23.9 Å². The first-order chi connectivity index (χ1) is 6.90. The van der Waals surface area contributed by atoms with E-state index < -0.39 is 17.4 Å². The molecule has 1 unspecified atom stereocenters. The van der Waals surface area contributed by atoms with Gasteiger partial charge in [-0.05, 0) is 20.1 Å². The van der Waals surface area contributed by atoms with Crippen molar-refractivity contribution in [2.24, 2.45) is 10.7 Å². The van der Waals surface area contributed by atoms with Crippen molar-refractivity contribution in [2.75, 3.05) is 0 Å². The van der Waals surface area contributed by atoms with Gasteiger partial charge in [-0.2, -0.15) is 0 Å². The number of carbonyl (C=O) groups excluding carboxylic acids is 1. The average Bonchev–Trinajstić information content (AvgIpc) is 2.16. The van der Waals surface area contributed by atoms with Crippen molar-refractivity contribution in [3.8, 4) is 0 Å². The molecule has 0 fully saturated rings. The first kappa shape index (κ1) is 13.9. The second kappa shape index (κ2) is 6.37. The number of amides is 1. The van der Waals surface area contributed by atoms with Crippen LogP contribution in [0.3, 0.4) is 0 Å². The SMILES string of the molecule is C=NC(=C)/C(=C\C[C@@H](O)C(C)Cl)C(N)=O. The molecule has 1 amide bonds. The molecule has 0 aromatic heterocycles. The maximum atomic E-state index is 11.0. The zero-order valence-electron chi connectivity index (χ0n) is 8.61. The normalized spacial score (nSPS) is 15.5. The maximum absolute atomic E-state index is 11.0. The Kier molecular flexibility index (Phi) is 5.89. The fourth-order valence-corrected chi connectivity index (χ4v) is 0.975. The molecule has 0 aliphatic carbocycles. The highest BCUT2D eigenvalue weighted by molar-refractivity contribution is 6.20. The molecule has 0 radical (unpaired) electrons. The lowest BCUT2D eigenvalue weighted by Crippen LogP contribution is -2.19. The van der Waals surface area contributed by atoms with Crippen LogP contribution < -0.4 is 5.73 Å². The van der Waals surface area contributed by atoms with E-state index in [4.69, 9.17) is 17.3 Å². The molecule has 2 atom stereocenters. The molecule has 5 heteroatoms. The van der Waals surface area contributed by atoms with Crippen molar-refractivity contribution in [1.82, 2.24) is 0 Å². The zero-order chi connectivity index (χ0) is 12.0. The summed E-state index contributed by atoms with van der Waals surface area (Å²) in [6.07, 6.45) is 0.944. The van der Waals surface area contributed by atoms with Crippen molar-refractivity contribution in [3.63, 3.8) is 0 Å². The van der Waals surface area contributed by atoms with E-state index in [0.29, 0.717) is 0 Å². The van der Waals surface area contributed by atoms with Gasteiger partial charge in [-0.25, -0.2) is 0 Å². The minimum Gasteiger partial charge on any atom is -0.391 e. The van der Waals surface area contributed by atoms with E-state index in [-0.39, 0.29) is 17.7 Å². The van der Waals surface area contributed by atoms with Gasteiger partial charge in [-0.15, -0.1) is 11.6 Å². The van der Waals surface area contributed by atoms with Gasteiger partial charge in [-0.1, -0.05) is 12.7 Å². The van der Waals surface area contributed by atoms with Gasteiger partial charge in [0.15, 0.2) is 0 Å². The number of alkyl halides is 1. The van der Waals surface area contributed by atoms with E-state index in [0.717, 1.165) is 0 Å². The van der Waals surface area contributed by atoms with E-state index in [1.807, 2.05) is 0 Å². The summed E-state index contributed by atoms with van der Waals surface area (Å²) in [5, 5.41) is 9.00. The number of halogens is 1. The Labute approximate surface area is 94.1 Å². The number of carbonyl (C=O) groups is 1. The van der Waals surface area contributed by atoms with Crippen LogP contribution in [0.15, 0.2) is 28.9 Å². The molecule has 0 aliphatic rings. The first-order valence-corrected chi connectivity index (χ1v) is 4.81. The van der Waals surface area contributed by atoms with Crippen LogP contribution in [0.5, 0.6) is 0 Å². The maximum Gasteiger partial charge on any atom is 0.250 e. The second-order valence-corrected chi connectivity index (χ2v) is 3.76. The molecule has 0 saturated heterocycles. The minimum absolute atomic E-state index is 0.154. The van der Waals surface area contributed by atoms with Crippen LogP contribution >= 0.6 is 11.6 Å². The number of aliphatic hydroxyl groups excluding tert-OH is 1. The summed E-state index contributed by atoms with van der Waals surface area (Å²) in [6.45, 7) is 8.40. The number of hydrogen-bond donors (Lipinski definition) is 2. The monoisotopic (exact) mass is 230 g/mol. The third kappa shape index (κ3) is 4.76. The number of aliphatic hydroxyl groups is 1. The molecule has 0 aromatic carbocycles. The Hall–Kier alpha value is -1.13. The van der Waals surface area contributed by atoms with Gasteiger partial charge >= 0.3 is 0 Å². The second-order valence-electron chi connectivity index (χ2n) is 3.07. The number of rotatable bonds is 6. The van der Waals surface area contributed by atoms with Crippen LogP contribution in [0.1, 0.15) is 13.3 Å². The number of nitrogens with two attached hydrogens (primary N) is 1. The summed E-state index contributed by atoms with van der Waals surface area (Å²) < 4.78 is 0. The van der Waals surface area contributed by atoms with Gasteiger partial charge in [-0.3, -0.25) is 9.79 Å². The third-order valence-corrected chi connectivity index (χ3v) is 2.15. The Balaban J connectivity index is 4.64. The Morgan fingerprint density at radius 1 is 1.73 bits per heavy atom. The first-order valence-electron chi connectivity index (χ1n) is 4.38. The van der Waals surface area contributed by atoms with E-state index in [9.17, 15) is 9.90 Å². The van der Waals surface area contributed by atoms with Crippen LogP contribution in [0.25, 0.3) is 0 Å². The predicted molar refractivity (Wildman–Crippen MR) is 61.9 cm³/mol. The molecule has 3 N–H and O–H groups in total. The highest BCUT2D eigenvalue weighted by atomic mass is 35.5. The fourth-order valence-electron chi connectivity index (χ4n) is 0.872. The molecular weight excluding hydrogens is 216 g/mol. The highest BCUT2D eigenvalue weighted by Crippen LogP contribution is 2.12. The number of primary amides is 1. The molecule has 4 nitrogen and oxygen atoms in total. The number of nitrogens with zero attached hydrogens (tertiary/aromatic N) is 1. The van der Waals surface area contributed by atoms with Gasteiger partial charge in [0.25, 0.3) is 5.91 Å². The zero-order valence-corrected chi connectivity index (χ0v) is 9.37. The number of aliphatic imine (C=N–C) groups is 1. The molecule has 84 valence electrons. The quantitative estimate of drug-likeness (QED) is 0.309. The molecule has 0 heterocycles. The van der Waals surface area contributed by atoms with E-state index in [2.05, 4.69) is 18.3 Å². The largest absolute Gasteiger partial charge is 0.391 e. The third-order valence-electron chi connectivity index (χ3n) is 1.86. The Morgan fingerprint density at radius 2 is 2.27 bits per heavy atom. The van der Waals surface area contributed by atoms with E-state index in [1.165, 1.54) is 6.08 Å². The highest BCUT2D eigenvalue weighted by Gasteiger charge is 2.12. The van der Waals surface area contributed by atoms with E-state index in [1.54, 1.807) is 6.92 Å². The van der Waals surface area contributed by atoms with Crippen LogP contribution in [0, 0.1) is 0 Å². The van der Waals surface area contributed by atoms with Gasteiger partial charge in [0.1, 0.15) is 0 Å². The molecular formula is C10H15ClN2O2. The fraction of sp³-hybridized carbons (Fsp3) is 0.400. The lowest BCUT2D eigenvalue weighted by Gasteiger charge is -2.10. The van der Waals surface area contributed by atoms with Gasteiger partial charge in [0, 0.05) is 0 Å². The molecule has 15 heavy (non-hydrogen) atoms. The van der Waals surface area contributed by atoms with E-state index >= 15 is 0 Å². The summed E-state index contributed by atoms with van der Waals surface area (Å²) in [4.78, 5) is 14.5. The molecule has 0 aromatic rings. The van der Waals surface area contributed by atoms with Crippen LogP contribution in [0.4, 0.5) is 0 Å². The molecule has 0 spiro atoms. The lowest BCUT2D eigenvalue weighted by molar-refractivity contribution is -0.114. The summed E-state index contributed by atoms with van der Waals surface area (Å²) in [5.74, 6) is -0.651. The van der Waals surface area contributed by atoms with Crippen molar-refractivity contribution in [2.45, 2.75) is 24.8 Å². The summed E-state index contributed by atoms with van der Waals surface area (Å²) in [5.41, 5.74) is 5.45. The van der Waals surface area contributed by atoms with Crippen molar-refractivity contribution >= 4 is 24.2 Å². The van der Waals surface area contributed by atoms with Crippen LogP contribution in [-0.2, 0) is 4.79 Å². The summed E-state index contributed by atoms with van der Waals surface area (Å²) >= 11 is 5.65. The lowest BCUT2D eigenvalue weighted by atomic mass is 10.1. The molecule has 0 rings (SSSR count).